The lowest BCUT2D eigenvalue weighted by atomic mass is 10.1. The first kappa shape index (κ1) is 15.4. The van der Waals surface area contributed by atoms with E-state index in [-0.39, 0.29) is 0 Å². The minimum atomic E-state index is 0.338. The lowest BCUT2D eigenvalue weighted by Crippen LogP contribution is -2.22. The number of aromatic nitrogens is 2. The van der Waals surface area contributed by atoms with E-state index in [9.17, 15) is 0 Å². The Bertz CT molecular complexity index is 524. The molecule has 0 saturated carbocycles. The lowest BCUT2D eigenvalue weighted by molar-refractivity contribution is 0.525. The van der Waals surface area contributed by atoms with Gasteiger partial charge in [-0.05, 0) is 37.2 Å². The molecule has 1 unspecified atom stereocenters. The molecule has 2 aromatic heterocycles. The molecular formula is C17H24N4. The normalized spacial score (nSPS) is 12.1. The van der Waals surface area contributed by atoms with Crippen molar-refractivity contribution >= 4 is 5.69 Å². The Hall–Kier alpha value is -1.94. The molecule has 0 bridgehead atoms. The molecule has 0 saturated heterocycles. The van der Waals surface area contributed by atoms with Crippen molar-refractivity contribution < 1.29 is 0 Å². The third-order valence-electron chi connectivity index (χ3n) is 3.55. The van der Waals surface area contributed by atoms with Crippen LogP contribution in [0.4, 0.5) is 5.69 Å². The monoisotopic (exact) mass is 284 g/mol. The van der Waals surface area contributed by atoms with Crippen LogP contribution in [0.3, 0.4) is 0 Å². The highest BCUT2D eigenvalue weighted by Crippen LogP contribution is 2.18. The van der Waals surface area contributed by atoms with E-state index in [1.807, 2.05) is 30.6 Å². The summed E-state index contributed by atoms with van der Waals surface area (Å²) in [4.78, 5) is 11.1. The van der Waals surface area contributed by atoms with Crippen LogP contribution >= 0.6 is 0 Å². The van der Waals surface area contributed by atoms with E-state index in [0.29, 0.717) is 6.04 Å². The van der Waals surface area contributed by atoms with Crippen LogP contribution in [0.15, 0.2) is 42.7 Å². The van der Waals surface area contributed by atoms with E-state index in [4.69, 9.17) is 0 Å². The summed E-state index contributed by atoms with van der Waals surface area (Å²) in [6.45, 7) is 6.04. The number of nitrogens with one attached hydrogen (secondary N) is 1. The Morgan fingerprint density at radius 3 is 2.57 bits per heavy atom. The minimum absolute atomic E-state index is 0.338. The lowest BCUT2D eigenvalue weighted by Gasteiger charge is -2.20. The van der Waals surface area contributed by atoms with Gasteiger partial charge in [-0.25, -0.2) is 0 Å². The van der Waals surface area contributed by atoms with Crippen LogP contribution in [0.2, 0.25) is 0 Å². The van der Waals surface area contributed by atoms with Gasteiger partial charge >= 0.3 is 0 Å². The number of pyridine rings is 2. The van der Waals surface area contributed by atoms with Crippen molar-refractivity contribution in [1.29, 1.82) is 0 Å². The molecule has 2 heterocycles. The van der Waals surface area contributed by atoms with Crippen LogP contribution in [0.5, 0.6) is 0 Å². The largest absolute Gasteiger partial charge is 0.367 e. The second-order valence-corrected chi connectivity index (χ2v) is 5.14. The molecule has 0 amide bonds. The Kier molecular flexibility index (Phi) is 5.69. The molecule has 112 valence electrons. The van der Waals surface area contributed by atoms with Gasteiger partial charge in [-0.2, -0.15) is 0 Å². The minimum Gasteiger partial charge on any atom is -0.367 e. The Labute approximate surface area is 127 Å². The van der Waals surface area contributed by atoms with Crippen molar-refractivity contribution in [2.24, 2.45) is 0 Å². The number of rotatable bonds is 7. The van der Waals surface area contributed by atoms with Gasteiger partial charge in [0.05, 0.1) is 29.8 Å². The van der Waals surface area contributed by atoms with Gasteiger partial charge in [-0.3, -0.25) is 9.97 Å². The molecule has 1 atom stereocenters. The summed E-state index contributed by atoms with van der Waals surface area (Å²) in [5.74, 6) is 0. The summed E-state index contributed by atoms with van der Waals surface area (Å²) >= 11 is 0. The molecule has 0 aromatic carbocycles. The topological polar surface area (TPSA) is 41.0 Å². The molecule has 2 aromatic rings. The molecule has 4 nitrogen and oxygen atoms in total. The van der Waals surface area contributed by atoms with Crippen LogP contribution in [0, 0.1) is 0 Å². The SMILES string of the molecule is CCNC(CC)c1ccc(N(C)Cc2ccccn2)cn1. The third-order valence-corrected chi connectivity index (χ3v) is 3.55. The van der Waals surface area contributed by atoms with E-state index in [1.165, 1.54) is 0 Å². The first-order chi connectivity index (χ1) is 10.2. The van der Waals surface area contributed by atoms with Gasteiger partial charge in [-0.1, -0.05) is 19.9 Å². The fourth-order valence-corrected chi connectivity index (χ4v) is 2.36. The van der Waals surface area contributed by atoms with Crippen molar-refractivity contribution in [3.8, 4) is 0 Å². The third kappa shape index (κ3) is 4.26. The maximum absolute atomic E-state index is 4.61. The summed E-state index contributed by atoms with van der Waals surface area (Å²) in [7, 11) is 2.06. The predicted molar refractivity (Wildman–Crippen MR) is 87.3 cm³/mol. The standard InChI is InChI=1S/C17H24N4/c1-4-16(18-5-2)17-10-9-15(12-20-17)21(3)13-14-8-6-7-11-19-14/h6-12,16,18H,4-5,13H2,1-3H3. The Balaban J connectivity index is 2.04. The summed E-state index contributed by atoms with van der Waals surface area (Å²) in [5.41, 5.74) is 3.27. The average Bonchev–Trinajstić information content (AvgIpc) is 2.54. The van der Waals surface area contributed by atoms with E-state index < -0.39 is 0 Å². The first-order valence-electron chi connectivity index (χ1n) is 7.55. The molecule has 0 aliphatic heterocycles. The van der Waals surface area contributed by atoms with Gasteiger partial charge in [0, 0.05) is 19.3 Å². The number of nitrogens with zero attached hydrogens (tertiary/aromatic N) is 3. The first-order valence-corrected chi connectivity index (χ1v) is 7.55. The van der Waals surface area contributed by atoms with Gasteiger partial charge < -0.3 is 10.2 Å². The van der Waals surface area contributed by atoms with Gasteiger partial charge in [0.15, 0.2) is 0 Å². The Morgan fingerprint density at radius 1 is 1.14 bits per heavy atom. The molecule has 2 rings (SSSR count). The van der Waals surface area contributed by atoms with Gasteiger partial charge in [0.1, 0.15) is 0 Å². The molecule has 0 radical (unpaired) electrons. The second kappa shape index (κ2) is 7.74. The maximum atomic E-state index is 4.61. The summed E-state index contributed by atoms with van der Waals surface area (Å²) in [6, 6.07) is 10.6. The zero-order valence-corrected chi connectivity index (χ0v) is 13.1. The average molecular weight is 284 g/mol. The van der Waals surface area contributed by atoms with Crippen molar-refractivity contribution in [3.05, 3.63) is 54.1 Å². The highest BCUT2D eigenvalue weighted by molar-refractivity contribution is 5.44. The van der Waals surface area contributed by atoms with E-state index in [2.05, 4.69) is 53.2 Å². The highest BCUT2D eigenvalue weighted by atomic mass is 15.1. The Morgan fingerprint density at radius 2 is 2.00 bits per heavy atom. The van der Waals surface area contributed by atoms with Crippen LogP contribution in [-0.4, -0.2) is 23.6 Å². The van der Waals surface area contributed by atoms with Gasteiger partial charge in [0.2, 0.25) is 0 Å². The highest BCUT2D eigenvalue weighted by Gasteiger charge is 2.10. The van der Waals surface area contributed by atoms with Crippen molar-refractivity contribution in [2.75, 3.05) is 18.5 Å². The van der Waals surface area contributed by atoms with E-state index in [0.717, 1.165) is 36.6 Å². The fraction of sp³-hybridized carbons (Fsp3) is 0.412. The number of hydrogen-bond donors (Lipinski definition) is 1. The molecule has 0 fully saturated rings. The van der Waals surface area contributed by atoms with Crippen molar-refractivity contribution in [2.45, 2.75) is 32.9 Å². The smallest absolute Gasteiger partial charge is 0.0599 e. The molecule has 1 N–H and O–H groups in total. The second-order valence-electron chi connectivity index (χ2n) is 5.14. The molecule has 21 heavy (non-hydrogen) atoms. The van der Waals surface area contributed by atoms with E-state index in [1.54, 1.807) is 0 Å². The fourth-order valence-electron chi connectivity index (χ4n) is 2.36. The molecule has 4 heteroatoms. The molecule has 0 aliphatic rings. The van der Waals surface area contributed by atoms with Crippen molar-refractivity contribution in [1.82, 2.24) is 15.3 Å². The summed E-state index contributed by atoms with van der Waals surface area (Å²) in [5, 5.41) is 3.45. The molecule has 0 aliphatic carbocycles. The van der Waals surface area contributed by atoms with Gasteiger partial charge in [0.25, 0.3) is 0 Å². The van der Waals surface area contributed by atoms with Crippen LogP contribution in [0.25, 0.3) is 0 Å². The molecule has 0 spiro atoms. The van der Waals surface area contributed by atoms with Gasteiger partial charge in [-0.15, -0.1) is 0 Å². The van der Waals surface area contributed by atoms with E-state index >= 15 is 0 Å². The number of anilines is 1. The number of hydrogen-bond acceptors (Lipinski definition) is 4. The van der Waals surface area contributed by atoms with Crippen LogP contribution < -0.4 is 10.2 Å². The quantitative estimate of drug-likeness (QED) is 0.848. The summed E-state index contributed by atoms with van der Waals surface area (Å²) < 4.78 is 0. The molecular weight excluding hydrogens is 260 g/mol. The zero-order valence-electron chi connectivity index (χ0n) is 13.1. The van der Waals surface area contributed by atoms with Crippen LogP contribution in [-0.2, 0) is 6.54 Å². The predicted octanol–water partition coefficient (Wildman–Crippen LogP) is 3.17. The van der Waals surface area contributed by atoms with Crippen LogP contribution in [0.1, 0.15) is 37.7 Å². The zero-order chi connectivity index (χ0) is 15.1. The van der Waals surface area contributed by atoms with Crippen molar-refractivity contribution in [3.63, 3.8) is 0 Å². The summed E-state index contributed by atoms with van der Waals surface area (Å²) in [6.07, 6.45) is 4.81. The maximum Gasteiger partial charge on any atom is 0.0599 e.